The predicted octanol–water partition coefficient (Wildman–Crippen LogP) is 2.66. The highest BCUT2D eigenvalue weighted by atomic mass is 32.2. The fraction of sp³-hybridized carbons (Fsp3) is 0.214. The zero-order chi connectivity index (χ0) is 17.9. The molecule has 0 saturated heterocycles. The maximum absolute atomic E-state index is 11.0. The van der Waals surface area contributed by atoms with Crippen LogP contribution in [0.25, 0.3) is 10.9 Å². The summed E-state index contributed by atoms with van der Waals surface area (Å²) in [6.07, 6.45) is 3.99. The second-order valence-electron chi connectivity index (χ2n) is 3.97. The zero-order valence-electron chi connectivity index (χ0n) is 12.2. The monoisotopic (exact) mass is 390 g/mol. The minimum Gasteiger partial charge on any atom is -0.400 e. The fourth-order valence-electron chi connectivity index (χ4n) is 1.62. The number of hydrogen-bond donors (Lipinski definition) is 6. The molecule has 0 aliphatic heterocycles. The van der Waals surface area contributed by atoms with E-state index in [4.69, 9.17) is 9.66 Å². The molecule has 2 N–H and O–H groups in total. The van der Waals surface area contributed by atoms with E-state index in [0.717, 1.165) is 23.6 Å². The Morgan fingerprint density at radius 2 is 1.78 bits per heavy atom. The van der Waals surface area contributed by atoms with E-state index >= 15 is 0 Å². The molecule has 0 fully saturated rings. The molecule has 23 heavy (non-hydrogen) atoms. The molecule has 0 spiro atoms. The van der Waals surface area contributed by atoms with Crippen molar-refractivity contribution in [2.24, 2.45) is 4.99 Å². The Kier molecular flexibility index (Phi) is 11.4. The molecule has 0 aliphatic carbocycles. The van der Waals surface area contributed by atoms with E-state index in [9.17, 15) is 4.79 Å². The summed E-state index contributed by atoms with van der Waals surface area (Å²) in [5.41, 5.74) is 1.67. The first-order valence-electron chi connectivity index (χ1n) is 6.16. The van der Waals surface area contributed by atoms with Crippen LogP contribution in [0.15, 0.2) is 41.5 Å². The first-order chi connectivity index (χ1) is 11.0. The van der Waals surface area contributed by atoms with Crippen LogP contribution >= 0.6 is 50.8 Å². The molecule has 1 atom stereocenters. The van der Waals surface area contributed by atoms with Gasteiger partial charge in [-0.25, -0.2) is 0 Å². The molecule has 1 aromatic carbocycles. The highest BCUT2D eigenvalue weighted by molar-refractivity contribution is 8.17. The van der Waals surface area contributed by atoms with Gasteiger partial charge in [0, 0.05) is 30.5 Å². The van der Waals surface area contributed by atoms with Crippen LogP contribution in [0.5, 0.6) is 0 Å². The summed E-state index contributed by atoms with van der Waals surface area (Å²) in [4.78, 5) is 19.4. The number of aliphatic hydroxyl groups excluding tert-OH is 1. The Hall–Kier alpha value is -0.710. The molecule has 5 nitrogen and oxygen atoms in total. The number of aromatic nitrogens is 1. The molecule has 0 bridgehead atoms. The summed E-state index contributed by atoms with van der Waals surface area (Å²) in [6.45, 7) is 0. The van der Waals surface area contributed by atoms with Gasteiger partial charge in [-0.05, 0) is 19.0 Å². The standard InChI is InChI=1S/C13H12N2OS3.CH4O.H2OS/c16-8-11(13(17,18)19)15-7-10-4-1-3-9-5-2-6-14-12(9)10;2*1-2/h1-8,11,17-19H;2H,1H3;1-2H. The van der Waals surface area contributed by atoms with Crippen molar-refractivity contribution in [2.45, 2.75) is 9.45 Å². The molecule has 2 aromatic rings. The van der Waals surface area contributed by atoms with Crippen LogP contribution < -0.4 is 0 Å². The van der Waals surface area contributed by atoms with Gasteiger partial charge < -0.3 is 14.5 Å². The Morgan fingerprint density at radius 1 is 1.17 bits per heavy atom. The van der Waals surface area contributed by atoms with E-state index < -0.39 is 9.45 Å². The number of para-hydroxylation sites is 1. The smallest absolute Gasteiger partial charge is 0.147 e. The van der Waals surface area contributed by atoms with Crippen molar-refractivity contribution >= 4 is 74.2 Å². The van der Waals surface area contributed by atoms with E-state index in [-0.39, 0.29) is 0 Å². The quantitative estimate of drug-likeness (QED) is 0.159. The lowest BCUT2D eigenvalue weighted by molar-refractivity contribution is -0.108. The van der Waals surface area contributed by atoms with Crippen LogP contribution in [0.3, 0.4) is 0 Å². The van der Waals surface area contributed by atoms with E-state index in [1.54, 1.807) is 12.4 Å². The third-order valence-electron chi connectivity index (χ3n) is 2.56. The van der Waals surface area contributed by atoms with Crippen molar-refractivity contribution in [3.05, 3.63) is 42.1 Å². The number of rotatable bonds is 4. The number of hydrogen-bond acceptors (Lipinski definition) is 9. The minimum atomic E-state index is -1.09. The van der Waals surface area contributed by atoms with Crippen molar-refractivity contribution in [3.8, 4) is 0 Å². The second-order valence-corrected chi connectivity index (χ2v) is 7.14. The van der Waals surface area contributed by atoms with Gasteiger partial charge in [0.15, 0.2) is 0 Å². The van der Waals surface area contributed by atoms with Crippen LogP contribution in [0.4, 0.5) is 0 Å². The van der Waals surface area contributed by atoms with E-state index in [1.165, 1.54) is 0 Å². The maximum Gasteiger partial charge on any atom is 0.147 e. The average Bonchev–Trinajstić information content (AvgIpc) is 2.58. The Labute approximate surface area is 157 Å². The fourth-order valence-corrected chi connectivity index (χ4v) is 2.00. The SMILES string of the molecule is CO.O=CC(N=Cc1cccc2cccnc12)C(S)(S)S.OS. The summed E-state index contributed by atoms with van der Waals surface area (Å²) in [7, 11) is 1.00. The van der Waals surface area contributed by atoms with Gasteiger partial charge in [0.05, 0.1) is 5.52 Å². The van der Waals surface area contributed by atoms with Gasteiger partial charge in [0.2, 0.25) is 0 Å². The van der Waals surface area contributed by atoms with E-state index in [2.05, 4.69) is 60.8 Å². The summed E-state index contributed by atoms with van der Waals surface area (Å²) in [5, 5.41) is 8.02. The average molecular weight is 391 g/mol. The lowest BCUT2D eigenvalue weighted by atomic mass is 10.1. The number of fused-ring (bicyclic) bond motifs is 1. The first kappa shape index (κ1) is 22.3. The van der Waals surface area contributed by atoms with Gasteiger partial charge in [-0.2, -0.15) is 0 Å². The molecule has 0 amide bonds. The third-order valence-corrected chi connectivity index (χ3v) is 3.36. The molecule has 0 aliphatic rings. The van der Waals surface area contributed by atoms with Crippen LogP contribution in [0.1, 0.15) is 5.56 Å². The van der Waals surface area contributed by atoms with Crippen LogP contribution in [0.2, 0.25) is 0 Å². The maximum atomic E-state index is 11.0. The van der Waals surface area contributed by atoms with Crippen molar-refractivity contribution in [1.29, 1.82) is 0 Å². The second kappa shape index (κ2) is 11.8. The van der Waals surface area contributed by atoms with Crippen LogP contribution in [-0.4, -0.2) is 43.7 Å². The Morgan fingerprint density at radius 3 is 2.35 bits per heavy atom. The molecule has 2 rings (SSSR count). The normalized spacial score (nSPS) is 12.0. The number of aldehydes is 1. The summed E-state index contributed by atoms with van der Waals surface area (Å²) < 4.78 is 5.61. The number of carbonyl (C=O) groups excluding carboxylic acids is 1. The van der Waals surface area contributed by atoms with Crippen LogP contribution in [-0.2, 0) is 4.79 Å². The number of thiol groups is 4. The summed E-state index contributed by atoms with van der Waals surface area (Å²) >= 11 is 14.9. The molecule has 0 saturated carbocycles. The number of benzene rings is 1. The van der Waals surface area contributed by atoms with Gasteiger partial charge in [-0.15, -0.1) is 37.9 Å². The number of carbonyl (C=O) groups is 1. The molecular formula is C14H18N2O3S4. The van der Waals surface area contributed by atoms with Gasteiger partial charge in [0.25, 0.3) is 0 Å². The van der Waals surface area contributed by atoms with E-state index in [1.807, 2.05) is 30.3 Å². The molecule has 0 radical (unpaired) electrons. The predicted molar refractivity (Wildman–Crippen MR) is 109 cm³/mol. The van der Waals surface area contributed by atoms with Crippen molar-refractivity contribution < 1.29 is 14.5 Å². The van der Waals surface area contributed by atoms with Gasteiger partial charge >= 0.3 is 0 Å². The first-order valence-corrected chi connectivity index (χ1v) is 7.90. The minimum absolute atomic E-state index is 0.669. The molecule has 1 aromatic heterocycles. The Balaban J connectivity index is 0.00000112. The largest absolute Gasteiger partial charge is 0.400 e. The lowest BCUT2D eigenvalue weighted by Gasteiger charge is -2.18. The van der Waals surface area contributed by atoms with Gasteiger partial charge in [-0.1, -0.05) is 24.3 Å². The third kappa shape index (κ3) is 7.15. The topological polar surface area (TPSA) is 82.8 Å². The molecule has 126 valence electrons. The highest BCUT2D eigenvalue weighted by Crippen LogP contribution is 2.29. The van der Waals surface area contributed by atoms with Crippen LogP contribution in [0, 0.1) is 0 Å². The molecule has 9 heteroatoms. The Bertz CT molecular complexity index is 627. The molecule has 1 heterocycles. The lowest BCUT2D eigenvalue weighted by Crippen LogP contribution is -2.25. The number of aliphatic imine (C=N–C) groups is 1. The van der Waals surface area contributed by atoms with Gasteiger partial charge in [0.1, 0.15) is 15.7 Å². The zero-order valence-corrected chi connectivity index (χ0v) is 15.8. The summed E-state index contributed by atoms with van der Waals surface area (Å²) in [6, 6.07) is 8.86. The summed E-state index contributed by atoms with van der Waals surface area (Å²) in [5.74, 6) is 0. The van der Waals surface area contributed by atoms with E-state index in [0.29, 0.717) is 6.29 Å². The molecular weight excluding hydrogens is 372 g/mol. The van der Waals surface area contributed by atoms with Crippen molar-refractivity contribution in [1.82, 2.24) is 4.98 Å². The van der Waals surface area contributed by atoms with Gasteiger partial charge in [-0.3, -0.25) is 9.98 Å². The highest BCUT2D eigenvalue weighted by Gasteiger charge is 2.26. The van der Waals surface area contributed by atoms with Crippen molar-refractivity contribution in [2.75, 3.05) is 7.11 Å². The van der Waals surface area contributed by atoms with Crippen molar-refractivity contribution in [3.63, 3.8) is 0 Å². The number of aliphatic hydroxyl groups is 1. The molecule has 1 unspecified atom stereocenters. The number of nitrogens with zero attached hydrogens (tertiary/aromatic N) is 2. The number of pyridine rings is 1.